The maximum absolute atomic E-state index is 12.8. The van der Waals surface area contributed by atoms with Gasteiger partial charge in [-0.3, -0.25) is 10.1 Å². The Bertz CT molecular complexity index is 1540. The third-order valence-corrected chi connectivity index (χ3v) is 6.17. The first kappa shape index (κ1) is 23.9. The van der Waals surface area contributed by atoms with Crippen LogP contribution in [-0.4, -0.2) is 17.2 Å². The minimum atomic E-state index is -0.856. The van der Waals surface area contributed by atoms with Crippen molar-refractivity contribution in [2.45, 2.75) is 19.4 Å². The molecule has 37 heavy (non-hydrogen) atoms. The van der Waals surface area contributed by atoms with Gasteiger partial charge < -0.3 is 14.3 Å². The van der Waals surface area contributed by atoms with Crippen LogP contribution in [0.4, 0.5) is 10.5 Å². The summed E-state index contributed by atoms with van der Waals surface area (Å²) in [4.78, 5) is 23.8. The van der Waals surface area contributed by atoms with Crippen LogP contribution in [0.1, 0.15) is 24.2 Å². The first-order valence-electron chi connectivity index (χ1n) is 11.9. The van der Waals surface area contributed by atoms with Crippen LogP contribution in [0.2, 0.25) is 0 Å². The molecule has 1 heterocycles. The van der Waals surface area contributed by atoms with E-state index in [-0.39, 0.29) is 6.42 Å². The van der Waals surface area contributed by atoms with Crippen LogP contribution in [0.5, 0.6) is 0 Å². The van der Waals surface area contributed by atoms with E-state index in [1.54, 1.807) is 0 Å². The number of ether oxygens (including phenoxy) is 1. The number of anilines is 1. The number of amides is 1. The number of carboxylic acid groups (broad SMARTS) is 1. The molecule has 0 aliphatic heterocycles. The molecule has 0 saturated heterocycles. The van der Waals surface area contributed by atoms with E-state index in [1.165, 1.54) is 0 Å². The van der Waals surface area contributed by atoms with E-state index in [0.717, 1.165) is 33.2 Å². The van der Waals surface area contributed by atoms with Crippen molar-refractivity contribution < 1.29 is 23.8 Å². The molecule has 6 nitrogen and oxygen atoms in total. The Balaban J connectivity index is 1.40. The fourth-order valence-corrected chi connectivity index (χ4v) is 4.26. The van der Waals surface area contributed by atoms with Gasteiger partial charge in [-0.05, 0) is 41.3 Å². The standard InChI is InChI=1S/C31H25NO5/c1-20(22-7-3-2-4-8-22)36-31(35)32-29-26-9-5-6-10-27(26)37-30(29)25-17-15-24(16-18-25)23-13-11-21(12-14-23)19-28(33)34/h2-18,20H,19H2,1H3,(H,32,35)(H,33,34). The van der Waals surface area contributed by atoms with Crippen molar-refractivity contribution in [2.24, 2.45) is 0 Å². The molecule has 0 saturated carbocycles. The molecule has 0 bridgehead atoms. The Morgan fingerprint density at radius 3 is 2.08 bits per heavy atom. The Morgan fingerprint density at radius 1 is 0.811 bits per heavy atom. The van der Waals surface area contributed by atoms with Gasteiger partial charge in [-0.25, -0.2) is 4.79 Å². The van der Waals surface area contributed by atoms with Crippen LogP contribution >= 0.6 is 0 Å². The average molecular weight is 492 g/mol. The lowest BCUT2D eigenvalue weighted by atomic mass is 10.0. The number of rotatable bonds is 7. The number of nitrogens with one attached hydrogen (secondary N) is 1. The molecular formula is C31H25NO5. The molecule has 184 valence electrons. The first-order valence-corrected chi connectivity index (χ1v) is 11.9. The molecule has 6 heteroatoms. The van der Waals surface area contributed by atoms with E-state index < -0.39 is 18.2 Å². The Morgan fingerprint density at radius 2 is 1.41 bits per heavy atom. The van der Waals surface area contributed by atoms with Gasteiger partial charge in [0.2, 0.25) is 0 Å². The topological polar surface area (TPSA) is 88.8 Å². The predicted molar refractivity (Wildman–Crippen MR) is 143 cm³/mol. The second kappa shape index (κ2) is 10.4. The third-order valence-electron chi connectivity index (χ3n) is 6.17. The van der Waals surface area contributed by atoms with Crippen LogP contribution in [0.15, 0.2) is 108 Å². The molecule has 2 N–H and O–H groups in total. The largest absolute Gasteiger partial charge is 0.481 e. The number of fused-ring (bicyclic) bond motifs is 1. The van der Waals surface area contributed by atoms with Gasteiger partial charge in [0, 0.05) is 10.9 Å². The molecule has 0 fully saturated rings. The van der Waals surface area contributed by atoms with Gasteiger partial charge in [0.1, 0.15) is 11.7 Å². The lowest BCUT2D eigenvalue weighted by Crippen LogP contribution is -2.16. The fourth-order valence-electron chi connectivity index (χ4n) is 4.26. The van der Waals surface area contributed by atoms with Crippen LogP contribution in [-0.2, 0) is 16.0 Å². The normalized spacial score (nSPS) is 11.7. The summed E-state index contributed by atoms with van der Waals surface area (Å²) in [7, 11) is 0. The lowest BCUT2D eigenvalue weighted by molar-refractivity contribution is -0.136. The van der Waals surface area contributed by atoms with E-state index in [2.05, 4.69) is 5.32 Å². The lowest BCUT2D eigenvalue weighted by Gasteiger charge is -2.14. The molecule has 5 aromatic rings. The minimum Gasteiger partial charge on any atom is -0.481 e. The molecule has 0 aliphatic rings. The van der Waals surface area contributed by atoms with Gasteiger partial charge in [-0.15, -0.1) is 0 Å². The van der Waals surface area contributed by atoms with E-state index in [4.69, 9.17) is 14.3 Å². The fraction of sp³-hybridized carbons (Fsp3) is 0.0968. The molecule has 0 spiro atoms. The molecule has 5 rings (SSSR count). The number of carboxylic acids is 1. The zero-order valence-electron chi connectivity index (χ0n) is 20.2. The number of hydrogen-bond acceptors (Lipinski definition) is 4. The number of para-hydroxylation sites is 1. The second-order valence-corrected chi connectivity index (χ2v) is 8.73. The van der Waals surface area contributed by atoms with Crippen molar-refractivity contribution >= 4 is 28.7 Å². The highest BCUT2D eigenvalue weighted by atomic mass is 16.6. The van der Waals surface area contributed by atoms with Gasteiger partial charge in [0.25, 0.3) is 0 Å². The summed E-state index contributed by atoms with van der Waals surface area (Å²) in [6.45, 7) is 1.83. The second-order valence-electron chi connectivity index (χ2n) is 8.73. The Labute approximate surface area is 214 Å². The molecule has 1 atom stereocenters. The van der Waals surface area contributed by atoms with Gasteiger partial charge >= 0.3 is 12.1 Å². The van der Waals surface area contributed by atoms with E-state index in [1.807, 2.05) is 110 Å². The van der Waals surface area contributed by atoms with Crippen LogP contribution in [0, 0.1) is 0 Å². The highest BCUT2D eigenvalue weighted by molar-refractivity contribution is 6.04. The average Bonchev–Trinajstić information content (AvgIpc) is 3.27. The molecule has 1 amide bonds. The van der Waals surface area contributed by atoms with E-state index >= 15 is 0 Å². The quantitative estimate of drug-likeness (QED) is 0.243. The van der Waals surface area contributed by atoms with Crippen molar-refractivity contribution in [3.63, 3.8) is 0 Å². The SMILES string of the molecule is CC(OC(=O)Nc1c(-c2ccc(-c3ccc(CC(=O)O)cc3)cc2)oc2ccccc12)c1ccccc1. The monoisotopic (exact) mass is 491 g/mol. The third kappa shape index (κ3) is 5.38. The van der Waals surface area contributed by atoms with Crippen molar-refractivity contribution in [1.82, 2.24) is 0 Å². The number of furan rings is 1. The van der Waals surface area contributed by atoms with E-state index in [0.29, 0.717) is 17.0 Å². The summed E-state index contributed by atoms with van der Waals surface area (Å²) in [5, 5.41) is 12.6. The number of carbonyl (C=O) groups is 2. The molecule has 1 unspecified atom stereocenters. The highest BCUT2D eigenvalue weighted by Crippen LogP contribution is 2.39. The van der Waals surface area contributed by atoms with Gasteiger partial charge in [-0.2, -0.15) is 0 Å². The zero-order chi connectivity index (χ0) is 25.8. The summed E-state index contributed by atoms with van der Waals surface area (Å²) in [6, 6.07) is 32.3. The minimum absolute atomic E-state index is 0.00634. The van der Waals surface area contributed by atoms with Gasteiger partial charge in [0.15, 0.2) is 5.76 Å². The maximum atomic E-state index is 12.8. The summed E-state index contributed by atoms with van der Waals surface area (Å²) in [6.07, 6.45) is -0.987. The Kier molecular flexibility index (Phi) is 6.72. The molecule has 0 radical (unpaired) electrons. The summed E-state index contributed by atoms with van der Waals surface area (Å²) < 4.78 is 11.8. The summed E-state index contributed by atoms with van der Waals surface area (Å²) >= 11 is 0. The molecule has 4 aromatic carbocycles. The van der Waals surface area contributed by atoms with Crippen LogP contribution < -0.4 is 5.32 Å². The van der Waals surface area contributed by atoms with Crippen molar-refractivity contribution in [3.8, 4) is 22.5 Å². The summed E-state index contributed by atoms with van der Waals surface area (Å²) in [5.41, 5.74) is 5.61. The summed E-state index contributed by atoms with van der Waals surface area (Å²) in [5.74, 6) is -0.320. The zero-order valence-corrected chi connectivity index (χ0v) is 20.2. The number of carbonyl (C=O) groups excluding carboxylic acids is 1. The van der Waals surface area contributed by atoms with Gasteiger partial charge in [-0.1, -0.05) is 91.0 Å². The Hall–Kier alpha value is -4.84. The number of benzene rings is 4. The molecular weight excluding hydrogens is 466 g/mol. The molecule has 0 aliphatic carbocycles. The van der Waals surface area contributed by atoms with Crippen molar-refractivity contribution in [1.29, 1.82) is 0 Å². The first-order chi connectivity index (χ1) is 18.0. The van der Waals surface area contributed by atoms with Crippen molar-refractivity contribution in [2.75, 3.05) is 5.32 Å². The number of hydrogen-bond donors (Lipinski definition) is 2. The van der Waals surface area contributed by atoms with E-state index in [9.17, 15) is 9.59 Å². The smallest absolute Gasteiger partial charge is 0.412 e. The number of aliphatic carboxylic acids is 1. The maximum Gasteiger partial charge on any atom is 0.412 e. The highest BCUT2D eigenvalue weighted by Gasteiger charge is 2.20. The van der Waals surface area contributed by atoms with Crippen molar-refractivity contribution in [3.05, 3.63) is 114 Å². The van der Waals surface area contributed by atoms with Crippen LogP contribution in [0.3, 0.4) is 0 Å². The predicted octanol–water partition coefficient (Wildman–Crippen LogP) is 7.70. The van der Waals surface area contributed by atoms with Crippen LogP contribution in [0.25, 0.3) is 33.4 Å². The molecule has 1 aromatic heterocycles. The van der Waals surface area contributed by atoms with Gasteiger partial charge in [0.05, 0.1) is 12.1 Å².